The van der Waals surface area contributed by atoms with Gasteiger partial charge in [-0.1, -0.05) is 12.1 Å². The molecule has 1 saturated carbocycles. The molecule has 1 unspecified atom stereocenters. The highest BCUT2D eigenvalue weighted by atomic mass is 16.5. The van der Waals surface area contributed by atoms with E-state index in [4.69, 9.17) is 4.74 Å². The molecule has 7 heteroatoms. The van der Waals surface area contributed by atoms with Crippen molar-refractivity contribution in [3.8, 4) is 5.75 Å². The molecular formula is C27H32N4O3. The maximum absolute atomic E-state index is 11.2. The van der Waals surface area contributed by atoms with Crippen LogP contribution in [0.3, 0.4) is 0 Å². The number of nitrogens with zero attached hydrogens (tertiary/aromatic N) is 4. The second kappa shape index (κ2) is 8.29. The van der Waals surface area contributed by atoms with Crippen LogP contribution in [-0.4, -0.2) is 57.8 Å². The van der Waals surface area contributed by atoms with Crippen molar-refractivity contribution < 1.29 is 14.6 Å². The van der Waals surface area contributed by atoms with Crippen LogP contribution in [-0.2, 0) is 6.42 Å². The van der Waals surface area contributed by atoms with Crippen molar-refractivity contribution >= 4 is 17.6 Å². The summed E-state index contributed by atoms with van der Waals surface area (Å²) in [5.74, 6) is 3.03. The summed E-state index contributed by atoms with van der Waals surface area (Å²) in [6.07, 6.45) is 11.6. The van der Waals surface area contributed by atoms with Gasteiger partial charge in [0.2, 0.25) is 5.95 Å². The first-order valence-corrected chi connectivity index (χ1v) is 12.5. The number of piperidine rings is 1. The molecule has 4 heterocycles. The molecule has 178 valence electrons. The summed E-state index contributed by atoms with van der Waals surface area (Å²) >= 11 is 0. The molecule has 0 radical (unpaired) electrons. The van der Waals surface area contributed by atoms with Gasteiger partial charge in [-0.3, -0.25) is 0 Å². The Morgan fingerprint density at radius 2 is 1.88 bits per heavy atom. The smallest absolute Gasteiger partial charge is 0.407 e. The number of anilines is 1. The Morgan fingerprint density at radius 3 is 2.53 bits per heavy atom. The number of benzene rings is 1. The molecule has 1 aromatic carbocycles. The van der Waals surface area contributed by atoms with Crippen LogP contribution < -0.4 is 9.64 Å². The predicted molar refractivity (Wildman–Crippen MR) is 130 cm³/mol. The topological polar surface area (TPSA) is 78.8 Å². The zero-order chi connectivity index (χ0) is 23.3. The first-order valence-electron chi connectivity index (χ1n) is 12.5. The molecule has 1 atom stereocenters. The minimum absolute atomic E-state index is 0.190. The van der Waals surface area contributed by atoms with Gasteiger partial charge in [0.1, 0.15) is 11.4 Å². The van der Waals surface area contributed by atoms with Crippen molar-refractivity contribution in [2.24, 2.45) is 5.92 Å². The minimum Gasteiger partial charge on any atom is -0.487 e. The van der Waals surface area contributed by atoms with E-state index in [1.807, 2.05) is 18.5 Å². The molecule has 7 nitrogen and oxygen atoms in total. The van der Waals surface area contributed by atoms with Crippen LogP contribution in [0, 0.1) is 5.92 Å². The van der Waals surface area contributed by atoms with Gasteiger partial charge < -0.3 is 19.6 Å². The number of carbonyl (C=O) groups is 1. The number of carboxylic acid groups (broad SMARTS) is 1. The molecule has 2 fully saturated rings. The van der Waals surface area contributed by atoms with Gasteiger partial charge in [0.15, 0.2) is 0 Å². The fourth-order valence-electron chi connectivity index (χ4n) is 5.83. The number of aromatic nitrogens is 2. The standard InChI is InChI=1S/C27H32N4O3/c1-27(23-8-12-30(13-9-23)25-28-16-22(17-29-25)18-2-3-18)15-21-14-20(4-5-24(21)34-27)19-6-10-31(11-7-19)26(32)33/h4-6,14,16-18,23H,2-3,7-13,15H2,1H3,(H,32,33). The molecule has 6 rings (SSSR count). The third-order valence-corrected chi connectivity index (χ3v) is 8.14. The Bertz CT molecular complexity index is 1120. The molecule has 1 N–H and O–H groups in total. The zero-order valence-corrected chi connectivity index (χ0v) is 19.7. The van der Waals surface area contributed by atoms with Crippen molar-refractivity contribution in [1.29, 1.82) is 0 Å². The monoisotopic (exact) mass is 460 g/mol. The van der Waals surface area contributed by atoms with Crippen molar-refractivity contribution in [3.63, 3.8) is 0 Å². The van der Waals surface area contributed by atoms with E-state index in [0.717, 1.165) is 50.5 Å². The number of hydrogen-bond acceptors (Lipinski definition) is 5. The van der Waals surface area contributed by atoms with Gasteiger partial charge in [0.05, 0.1) is 0 Å². The summed E-state index contributed by atoms with van der Waals surface area (Å²) in [7, 11) is 0. The quantitative estimate of drug-likeness (QED) is 0.711. The SMILES string of the molecule is CC1(C2CCN(c3ncc(C4CC4)cn3)CC2)Cc2cc(C3=CCN(C(=O)O)CC3)ccc2O1. The molecule has 2 aromatic rings. The summed E-state index contributed by atoms with van der Waals surface area (Å²) in [5, 5.41) is 9.19. The Hall–Kier alpha value is -3.09. The highest BCUT2D eigenvalue weighted by molar-refractivity contribution is 5.72. The highest BCUT2D eigenvalue weighted by Crippen LogP contribution is 2.44. The molecule has 0 spiro atoms. The van der Waals surface area contributed by atoms with Crippen LogP contribution in [0.15, 0.2) is 36.7 Å². The Balaban J connectivity index is 1.10. The van der Waals surface area contributed by atoms with Crippen LogP contribution in [0.4, 0.5) is 10.7 Å². The largest absolute Gasteiger partial charge is 0.487 e. The summed E-state index contributed by atoms with van der Waals surface area (Å²) in [5.41, 5.74) is 4.78. The van der Waals surface area contributed by atoms with Crippen LogP contribution in [0.2, 0.25) is 0 Å². The summed E-state index contributed by atoms with van der Waals surface area (Å²) < 4.78 is 6.56. The van der Waals surface area contributed by atoms with Gasteiger partial charge >= 0.3 is 6.09 Å². The molecule has 1 aliphatic carbocycles. The fraction of sp³-hybridized carbons (Fsp3) is 0.519. The van der Waals surface area contributed by atoms with Gasteiger partial charge in [0, 0.05) is 50.9 Å². The van der Waals surface area contributed by atoms with E-state index >= 15 is 0 Å². The average Bonchev–Trinajstić information content (AvgIpc) is 3.65. The van der Waals surface area contributed by atoms with E-state index in [9.17, 15) is 9.90 Å². The van der Waals surface area contributed by atoms with E-state index in [1.54, 1.807) is 0 Å². The predicted octanol–water partition coefficient (Wildman–Crippen LogP) is 4.73. The van der Waals surface area contributed by atoms with Crippen LogP contribution in [0.1, 0.15) is 61.6 Å². The number of rotatable bonds is 4. The highest BCUT2D eigenvalue weighted by Gasteiger charge is 2.43. The molecule has 1 saturated heterocycles. The third-order valence-electron chi connectivity index (χ3n) is 8.14. The molecule has 1 amide bonds. The molecule has 1 aromatic heterocycles. The number of hydrogen-bond donors (Lipinski definition) is 1. The van der Waals surface area contributed by atoms with Gasteiger partial charge in [-0.25, -0.2) is 14.8 Å². The lowest BCUT2D eigenvalue weighted by molar-refractivity contribution is 0.0349. The normalized spacial score (nSPS) is 25.0. The fourth-order valence-corrected chi connectivity index (χ4v) is 5.83. The maximum atomic E-state index is 11.2. The van der Waals surface area contributed by atoms with Crippen molar-refractivity contribution in [3.05, 3.63) is 53.4 Å². The average molecular weight is 461 g/mol. The molecular weight excluding hydrogens is 428 g/mol. The van der Waals surface area contributed by atoms with E-state index in [0.29, 0.717) is 24.9 Å². The van der Waals surface area contributed by atoms with E-state index < -0.39 is 6.09 Å². The first kappa shape index (κ1) is 21.4. The lowest BCUT2D eigenvalue weighted by Crippen LogP contribution is -2.46. The Morgan fingerprint density at radius 1 is 1.12 bits per heavy atom. The first-order chi connectivity index (χ1) is 16.5. The lowest BCUT2D eigenvalue weighted by atomic mass is 9.79. The summed E-state index contributed by atoms with van der Waals surface area (Å²) in [6.45, 7) is 5.19. The number of amides is 1. The summed E-state index contributed by atoms with van der Waals surface area (Å²) in [4.78, 5) is 24.2. The van der Waals surface area contributed by atoms with E-state index in [1.165, 1.54) is 40.0 Å². The molecule has 0 bridgehead atoms. The number of fused-ring (bicyclic) bond motifs is 1. The van der Waals surface area contributed by atoms with Crippen molar-refractivity contribution in [2.75, 3.05) is 31.1 Å². The van der Waals surface area contributed by atoms with E-state index in [-0.39, 0.29) is 5.60 Å². The van der Waals surface area contributed by atoms with Gasteiger partial charge in [-0.15, -0.1) is 0 Å². The second-order valence-electron chi connectivity index (χ2n) is 10.5. The van der Waals surface area contributed by atoms with Crippen molar-refractivity contribution in [1.82, 2.24) is 14.9 Å². The molecule has 34 heavy (non-hydrogen) atoms. The Kier molecular flexibility index (Phi) is 5.23. The molecule has 4 aliphatic rings. The van der Waals surface area contributed by atoms with E-state index in [2.05, 4.69) is 40.0 Å². The van der Waals surface area contributed by atoms with Crippen LogP contribution in [0.5, 0.6) is 5.75 Å². The summed E-state index contributed by atoms with van der Waals surface area (Å²) in [6, 6.07) is 6.48. The second-order valence-corrected chi connectivity index (χ2v) is 10.5. The van der Waals surface area contributed by atoms with Gasteiger partial charge in [-0.05, 0) is 79.3 Å². The Labute approximate surface area is 200 Å². The zero-order valence-electron chi connectivity index (χ0n) is 19.7. The molecule has 3 aliphatic heterocycles. The van der Waals surface area contributed by atoms with Gasteiger partial charge in [-0.2, -0.15) is 0 Å². The third kappa shape index (κ3) is 4.01. The van der Waals surface area contributed by atoms with Gasteiger partial charge in [0.25, 0.3) is 0 Å². The van der Waals surface area contributed by atoms with Crippen molar-refractivity contribution in [2.45, 2.75) is 57.0 Å². The lowest BCUT2D eigenvalue weighted by Gasteiger charge is -2.40. The maximum Gasteiger partial charge on any atom is 0.407 e. The number of ether oxygens (including phenoxy) is 1. The van der Waals surface area contributed by atoms with Crippen LogP contribution >= 0.6 is 0 Å². The minimum atomic E-state index is -0.846. The van der Waals surface area contributed by atoms with Crippen LogP contribution in [0.25, 0.3) is 5.57 Å².